The number of aliphatic hydroxyl groups excluding tert-OH is 2. The standard InChI is InChI=1S/C8H20N2O2/c1-9(2)5-7(11)8(12)6-10(3)4/h7-8,11-12H,5-6H2,1-4H3/t7-,8-/m0/s1. The van der Waals surface area contributed by atoms with Gasteiger partial charge in [0.05, 0.1) is 12.2 Å². The van der Waals surface area contributed by atoms with Gasteiger partial charge in [-0.1, -0.05) is 0 Å². The topological polar surface area (TPSA) is 46.9 Å². The molecule has 4 nitrogen and oxygen atoms in total. The summed E-state index contributed by atoms with van der Waals surface area (Å²) in [6.07, 6.45) is -1.33. The zero-order valence-corrected chi connectivity index (χ0v) is 8.36. The maximum absolute atomic E-state index is 9.42. The second kappa shape index (κ2) is 5.48. The fourth-order valence-electron chi connectivity index (χ4n) is 0.992. The summed E-state index contributed by atoms with van der Waals surface area (Å²) in [6.45, 7) is 0.990. The van der Waals surface area contributed by atoms with Gasteiger partial charge < -0.3 is 20.0 Å². The van der Waals surface area contributed by atoms with Crippen molar-refractivity contribution in [3.8, 4) is 0 Å². The molecular formula is C8H20N2O2. The van der Waals surface area contributed by atoms with Crippen molar-refractivity contribution in [2.75, 3.05) is 41.3 Å². The first-order valence-corrected chi connectivity index (χ1v) is 4.09. The number of aliphatic hydroxyl groups is 2. The van der Waals surface area contributed by atoms with Crippen molar-refractivity contribution in [1.29, 1.82) is 0 Å². The lowest BCUT2D eigenvalue weighted by Gasteiger charge is -2.23. The fourth-order valence-corrected chi connectivity index (χ4v) is 0.992. The molecule has 0 aliphatic heterocycles. The Kier molecular flexibility index (Phi) is 5.41. The average molecular weight is 176 g/mol. The number of rotatable bonds is 5. The van der Waals surface area contributed by atoms with Crippen LogP contribution in [0.3, 0.4) is 0 Å². The summed E-state index contributed by atoms with van der Waals surface area (Å²) >= 11 is 0. The molecule has 0 rings (SSSR count). The van der Waals surface area contributed by atoms with Crippen LogP contribution in [0.1, 0.15) is 0 Å². The van der Waals surface area contributed by atoms with Gasteiger partial charge in [0.15, 0.2) is 0 Å². The van der Waals surface area contributed by atoms with E-state index in [2.05, 4.69) is 0 Å². The summed E-state index contributed by atoms with van der Waals surface area (Å²) in [6, 6.07) is 0. The molecule has 0 radical (unpaired) electrons. The van der Waals surface area contributed by atoms with E-state index < -0.39 is 12.2 Å². The summed E-state index contributed by atoms with van der Waals surface area (Å²) in [7, 11) is 7.47. The molecule has 74 valence electrons. The van der Waals surface area contributed by atoms with Gasteiger partial charge in [-0.2, -0.15) is 0 Å². The minimum atomic E-state index is -0.664. The van der Waals surface area contributed by atoms with Crippen molar-refractivity contribution >= 4 is 0 Å². The summed E-state index contributed by atoms with van der Waals surface area (Å²) in [5.41, 5.74) is 0. The predicted molar refractivity (Wildman–Crippen MR) is 49.1 cm³/mol. The first-order valence-electron chi connectivity index (χ1n) is 4.09. The molecule has 12 heavy (non-hydrogen) atoms. The van der Waals surface area contributed by atoms with E-state index in [4.69, 9.17) is 0 Å². The molecule has 0 aromatic heterocycles. The summed E-state index contributed by atoms with van der Waals surface area (Å²) in [5, 5.41) is 18.8. The third-order valence-corrected chi connectivity index (χ3v) is 1.55. The van der Waals surface area contributed by atoms with Gasteiger partial charge in [0.25, 0.3) is 0 Å². The van der Waals surface area contributed by atoms with E-state index in [-0.39, 0.29) is 0 Å². The Hall–Kier alpha value is -0.160. The molecule has 0 fully saturated rings. The van der Waals surface area contributed by atoms with E-state index in [1.54, 1.807) is 0 Å². The first kappa shape index (κ1) is 11.8. The predicted octanol–water partition coefficient (Wildman–Crippen LogP) is -1.17. The van der Waals surface area contributed by atoms with Gasteiger partial charge in [-0.15, -0.1) is 0 Å². The molecule has 2 N–H and O–H groups in total. The molecule has 0 unspecified atom stereocenters. The third kappa shape index (κ3) is 5.49. The number of likely N-dealkylation sites (N-methyl/N-ethyl adjacent to an activating group) is 2. The lowest BCUT2D eigenvalue weighted by atomic mass is 10.2. The van der Waals surface area contributed by atoms with E-state index in [1.807, 2.05) is 38.0 Å². The minimum absolute atomic E-state index is 0.495. The van der Waals surface area contributed by atoms with Gasteiger partial charge in [-0.3, -0.25) is 0 Å². The fraction of sp³-hybridized carbons (Fsp3) is 1.00. The van der Waals surface area contributed by atoms with E-state index in [9.17, 15) is 10.2 Å². The minimum Gasteiger partial charge on any atom is -0.389 e. The first-order chi connectivity index (χ1) is 5.43. The molecule has 0 aromatic carbocycles. The van der Waals surface area contributed by atoms with E-state index in [0.717, 1.165) is 0 Å². The van der Waals surface area contributed by atoms with Crippen molar-refractivity contribution in [3.63, 3.8) is 0 Å². The molecule has 0 saturated carbocycles. The third-order valence-electron chi connectivity index (χ3n) is 1.55. The van der Waals surface area contributed by atoms with Crippen LogP contribution < -0.4 is 0 Å². The second-order valence-corrected chi connectivity index (χ2v) is 3.66. The highest BCUT2D eigenvalue weighted by Crippen LogP contribution is 1.96. The maximum Gasteiger partial charge on any atom is 0.0937 e. The number of hydrogen-bond acceptors (Lipinski definition) is 4. The Morgan fingerprint density at radius 2 is 1.08 bits per heavy atom. The average Bonchev–Trinajstić information content (AvgIpc) is 1.84. The maximum atomic E-state index is 9.42. The Balaban J connectivity index is 3.68. The Bertz CT molecular complexity index is 104. The Morgan fingerprint density at radius 3 is 1.25 bits per heavy atom. The van der Waals surface area contributed by atoms with Crippen molar-refractivity contribution in [1.82, 2.24) is 9.80 Å². The molecule has 0 amide bonds. The van der Waals surface area contributed by atoms with Crippen LogP contribution in [-0.4, -0.2) is 73.5 Å². The van der Waals surface area contributed by atoms with Crippen LogP contribution in [0, 0.1) is 0 Å². The van der Waals surface area contributed by atoms with Crippen molar-refractivity contribution < 1.29 is 10.2 Å². The smallest absolute Gasteiger partial charge is 0.0937 e. The van der Waals surface area contributed by atoms with E-state index in [0.29, 0.717) is 13.1 Å². The highest BCUT2D eigenvalue weighted by atomic mass is 16.3. The summed E-state index contributed by atoms with van der Waals surface area (Å²) in [5.74, 6) is 0. The van der Waals surface area contributed by atoms with Gasteiger partial charge in [-0.05, 0) is 28.2 Å². The Labute approximate surface area is 74.4 Å². The largest absolute Gasteiger partial charge is 0.389 e. The van der Waals surface area contributed by atoms with Gasteiger partial charge in [-0.25, -0.2) is 0 Å². The SMILES string of the molecule is CN(C)C[C@H](O)[C@@H](O)CN(C)C. The summed E-state index contributed by atoms with van der Waals surface area (Å²) in [4.78, 5) is 3.70. The lowest BCUT2D eigenvalue weighted by Crippen LogP contribution is -2.41. The van der Waals surface area contributed by atoms with Crippen LogP contribution in [0.2, 0.25) is 0 Å². The van der Waals surface area contributed by atoms with Crippen LogP contribution in [0.4, 0.5) is 0 Å². The normalized spacial score (nSPS) is 17.0. The van der Waals surface area contributed by atoms with Crippen LogP contribution in [0.25, 0.3) is 0 Å². The Morgan fingerprint density at radius 1 is 0.833 bits per heavy atom. The zero-order valence-electron chi connectivity index (χ0n) is 8.36. The molecule has 2 atom stereocenters. The molecular weight excluding hydrogens is 156 g/mol. The summed E-state index contributed by atoms with van der Waals surface area (Å²) < 4.78 is 0. The molecule has 0 heterocycles. The van der Waals surface area contributed by atoms with E-state index in [1.165, 1.54) is 0 Å². The van der Waals surface area contributed by atoms with Gasteiger partial charge >= 0.3 is 0 Å². The van der Waals surface area contributed by atoms with E-state index >= 15 is 0 Å². The van der Waals surface area contributed by atoms with Gasteiger partial charge in [0.2, 0.25) is 0 Å². The number of nitrogens with zero attached hydrogens (tertiary/aromatic N) is 2. The molecule has 4 heteroatoms. The molecule has 0 saturated heterocycles. The van der Waals surface area contributed by atoms with Crippen LogP contribution in [0.5, 0.6) is 0 Å². The van der Waals surface area contributed by atoms with Crippen molar-refractivity contribution in [3.05, 3.63) is 0 Å². The quantitative estimate of drug-likeness (QED) is 0.554. The number of hydrogen-bond donors (Lipinski definition) is 2. The van der Waals surface area contributed by atoms with Gasteiger partial charge in [0, 0.05) is 13.1 Å². The molecule has 0 spiro atoms. The van der Waals surface area contributed by atoms with Crippen LogP contribution in [0.15, 0.2) is 0 Å². The van der Waals surface area contributed by atoms with Crippen molar-refractivity contribution in [2.45, 2.75) is 12.2 Å². The molecule has 0 aliphatic carbocycles. The van der Waals surface area contributed by atoms with Crippen LogP contribution in [-0.2, 0) is 0 Å². The van der Waals surface area contributed by atoms with Crippen LogP contribution >= 0.6 is 0 Å². The monoisotopic (exact) mass is 176 g/mol. The zero-order chi connectivity index (χ0) is 9.72. The molecule has 0 aliphatic rings. The molecule has 0 aromatic rings. The second-order valence-electron chi connectivity index (χ2n) is 3.66. The lowest BCUT2D eigenvalue weighted by molar-refractivity contribution is -0.00655. The van der Waals surface area contributed by atoms with Gasteiger partial charge in [0.1, 0.15) is 0 Å². The highest BCUT2D eigenvalue weighted by Gasteiger charge is 2.17. The van der Waals surface area contributed by atoms with Crippen molar-refractivity contribution in [2.24, 2.45) is 0 Å². The molecule has 0 bridgehead atoms. The highest BCUT2D eigenvalue weighted by molar-refractivity contribution is 4.71.